The van der Waals surface area contributed by atoms with Gasteiger partial charge >= 0.3 is 0 Å². The highest BCUT2D eigenvalue weighted by atomic mass is 127. The molecule has 4 rings (SSSR count). The predicted molar refractivity (Wildman–Crippen MR) is 145 cm³/mol. The molecule has 1 fully saturated rings. The van der Waals surface area contributed by atoms with Crippen molar-refractivity contribution >= 4 is 28.5 Å². The average molecular weight is 587 g/mol. The molecular formula is C29H31FINO3. The Morgan fingerprint density at radius 2 is 1.74 bits per heavy atom. The molecule has 1 amide bonds. The number of rotatable bonds is 9. The number of nitrogens with one attached hydrogen (secondary N) is 1. The van der Waals surface area contributed by atoms with Gasteiger partial charge < -0.3 is 14.8 Å². The highest BCUT2D eigenvalue weighted by Gasteiger charge is 2.23. The minimum absolute atomic E-state index is 0.0598. The second-order valence-electron chi connectivity index (χ2n) is 9.02. The summed E-state index contributed by atoms with van der Waals surface area (Å²) in [4.78, 5) is 11.3. The Balaban J connectivity index is 1.36. The normalized spacial score (nSPS) is 17.7. The predicted octanol–water partition coefficient (Wildman–Crippen LogP) is 6.68. The quantitative estimate of drug-likeness (QED) is 0.284. The number of ether oxygens (including phenoxy) is 2. The average Bonchev–Trinajstić information content (AvgIpc) is 2.85. The third-order valence-electron chi connectivity index (χ3n) is 6.31. The van der Waals surface area contributed by atoms with Crippen LogP contribution in [0.5, 0.6) is 5.75 Å². The molecule has 1 saturated carbocycles. The summed E-state index contributed by atoms with van der Waals surface area (Å²) in [6.07, 6.45) is 4.89. The van der Waals surface area contributed by atoms with Crippen molar-refractivity contribution in [1.29, 1.82) is 0 Å². The van der Waals surface area contributed by atoms with Crippen molar-refractivity contribution in [3.63, 3.8) is 0 Å². The zero-order valence-corrected chi connectivity index (χ0v) is 22.1. The van der Waals surface area contributed by atoms with Gasteiger partial charge in [-0.15, -0.1) is 0 Å². The Morgan fingerprint density at radius 3 is 2.46 bits per heavy atom. The Kier molecular flexibility index (Phi) is 9.15. The maximum atomic E-state index is 13.9. The molecule has 1 aliphatic rings. The summed E-state index contributed by atoms with van der Waals surface area (Å²) in [6.45, 7) is 2.68. The van der Waals surface area contributed by atoms with E-state index in [0.717, 1.165) is 48.1 Å². The summed E-state index contributed by atoms with van der Waals surface area (Å²) in [6, 6.07) is 21.0. The summed E-state index contributed by atoms with van der Waals surface area (Å²) in [5, 5.41) is 2.84. The fourth-order valence-corrected chi connectivity index (χ4v) is 4.81. The lowest BCUT2D eigenvalue weighted by molar-refractivity contribution is -0.118. The van der Waals surface area contributed by atoms with Crippen LogP contribution in [0, 0.1) is 9.39 Å². The smallest absolute Gasteiger partial charge is 0.216 e. The molecule has 0 aliphatic heterocycles. The molecule has 35 heavy (non-hydrogen) atoms. The first-order valence-electron chi connectivity index (χ1n) is 12.1. The second kappa shape index (κ2) is 12.5. The minimum atomic E-state index is -0.273. The maximum absolute atomic E-state index is 13.9. The molecule has 0 aromatic heterocycles. The van der Waals surface area contributed by atoms with Gasteiger partial charge in [-0.05, 0) is 113 Å². The van der Waals surface area contributed by atoms with Crippen molar-refractivity contribution in [1.82, 2.24) is 5.32 Å². The molecule has 0 atom stereocenters. The van der Waals surface area contributed by atoms with Gasteiger partial charge in [0.15, 0.2) is 0 Å². The van der Waals surface area contributed by atoms with E-state index in [0.29, 0.717) is 19.6 Å². The van der Waals surface area contributed by atoms with Crippen LogP contribution in [0.3, 0.4) is 0 Å². The maximum Gasteiger partial charge on any atom is 0.216 e. The molecule has 0 unspecified atom stereocenters. The third-order valence-corrected chi connectivity index (χ3v) is 7.03. The van der Waals surface area contributed by atoms with E-state index in [9.17, 15) is 9.18 Å². The molecule has 1 N–H and O–H groups in total. The summed E-state index contributed by atoms with van der Waals surface area (Å²) in [5.41, 5.74) is 3.99. The van der Waals surface area contributed by atoms with Gasteiger partial charge in [0, 0.05) is 17.0 Å². The Hall–Kier alpha value is -2.45. The fraction of sp³-hybridized carbons (Fsp3) is 0.345. The van der Waals surface area contributed by atoms with Gasteiger partial charge in [-0.1, -0.05) is 30.3 Å². The lowest BCUT2D eigenvalue weighted by atomic mass is 9.94. The first-order chi connectivity index (χ1) is 17.0. The van der Waals surface area contributed by atoms with Gasteiger partial charge in [0.2, 0.25) is 5.91 Å². The zero-order chi connectivity index (χ0) is 24.6. The highest BCUT2D eigenvalue weighted by Crippen LogP contribution is 2.32. The van der Waals surface area contributed by atoms with Crippen LogP contribution in [0.25, 0.3) is 11.1 Å². The Bertz CT molecular complexity index is 1130. The van der Waals surface area contributed by atoms with Crippen molar-refractivity contribution in [2.24, 2.45) is 0 Å². The van der Waals surface area contributed by atoms with E-state index in [1.807, 2.05) is 24.3 Å². The standard InChI is InChI=1S/C29H31FINO3/c1-20(33)32-16-15-22-7-10-28(18-29(22)23-3-2-4-24(30)17-23)35-27-13-11-26(12-14-27)34-19-21-5-8-25(31)9-6-21/h2-10,17-18,26-27H,11-16,19H2,1H3,(H,32,33). The highest BCUT2D eigenvalue weighted by molar-refractivity contribution is 14.1. The number of halogens is 2. The number of hydrogen-bond donors (Lipinski definition) is 1. The SMILES string of the molecule is CC(=O)NCCc1ccc(OC2CCC(OCc3ccc(I)cc3)CC2)cc1-c1cccc(F)c1. The van der Waals surface area contributed by atoms with Crippen molar-refractivity contribution in [3.05, 3.63) is 87.2 Å². The van der Waals surface area contributed by atoms with Crippen LogP contribution >= 0.6 is 22.6 Å². The summed E-state index contributed by atoms with van der Waals surface area (Å²) >= 11 is 2.31. The van der Waals surface area contributed by atoms with E-state index in [1.54, 1.807) is 6.07 Å². The van der Waals surface area contributed by atoms with Gasteiger partial charge in [0.05, 0.1) is 18.8 Å². The van der Waals surface area contributed by atoms with Gasteiger partial charge in [-0.2, -0.15) is 0 Å². The van der Waals surface area contributed by atoms with Crippen LogP contribution < -0.4 is 10.1 Å². The van der Waals surface area contributed by atoms with Crippen LogP contribution in [-0.2, 0) is 22.6 Å². The molecule has 0 saturated heterocycles. The molecule has 0 radical (unpaired) electrons. The lowest BCUT2D eigenvalue weighted by Crippen LogP contribution is -2.28. The van der Waals surface area contributed by atoms with E-state index < -0.39 is 0 Å². The van der Waals surface area contributed by atoms with Crippen LogP contribution in [0.1, 0.15) is 43.7 Å². The van der Waals surface area contributed by atoms with Crippen molar-refractivity contribution in [3.8, 4) is 16.9 Å². The van der Waals surface area contributed by atoms with Gasteiger partial charge in [-0.25, -0.2) is 4.39 Å². The first kappa shape index (κ1) is 25.6. The molecule has 4 nitrogen and oxygen atoms in total. The van der Waals surface area contributed by atoms with Gasteiger partial charge in [0.1, 0.15) is 11.6 Å². The fourth-order valence-electron chi connectivity index (χ4n) is 4.45. The first-order valence-corrected chi connectivity index (χ1v) is 13.2. The van der Waals surface area contributed by atoms with Crippen molar-refractivity contribution in [2.45, 2.75) is 57.8 Å². The van der Waals surface area contributed by atoms with E-state index in [1.165, 1.54) is 28.2 Å². The molecule has 0 bridgehead atoms. The van der Waals surface area contributed by atoms with Crippen LogP contribution in [0.4, 0.5) is 4.39 Å². The van der Waals surface area contributed by atoms with E-state index in [-0.39, 0.29) is 23.9 Å². The zero-order valence-electron chi connectivity index (χ0n) is 19.9. The molecule has 0 heterocycles. The van der Waals surface area contributed by atoms with Crippen LogP contribution in [-0.4, -0.2) is 24.7 Å². The number of carbonyl (C=O) groups excluding carboxylic acids is 1. The van der Waals surface area contributed by atoms with Crippen LogP contribution in [0.2, 0.25) is 0 Å². The van der Waals surface area contributed by atoms with Crippen LogP contribution in [0.15, 0.2) is 66.7 Å². The Morgan fingerprint density at radius 1 is 1.00 bits per heavy atom. The van der Waals surface area contributed by atoms with Crippen molar-refractivity contribution < 1.29 is 18.7 Å². The lowest BCUT2D eigenvalue weighted by Gasteiger charge is -2.29. The van der Waals surface area contributed by atoms with E-state index >= 15 is 0 Å². The molecular weight excluding hydrogens is 556 g/mol. The number of benzene rings is 3. The number of amides is 1. The van der Waals surface area contributed by atoms with Crippen molar-refractivity contribution in [2.75, 3.05) is 6.54 Å². The Labute approximate surface area is 220 Å². The summed E-state index contributed by atoms with van der Waals surface area (Å²) in [7, 11) is 0. The molecule has 3 aromatic rings. The molecule has 0 spiro atoms. The van der Waals surface area contributed by atoms with Gasteiger partial charge in [-0.3, -0.25) is 4.79 Å². The molecule has 6 heteroatoms. The van der Waals surface area contributed by atoms with E-state index in [2.05, 4.69) is 52.2 Å². The van der Waals surface area contributed by atoms with Gasteiger partial charge in [0.25, 0.3) is 0 Å². The molecule has 1 aliphatic carbocycles. The number of hydrogen-bond acceptors (Lipinski definition) is 3. The number of carbonyl (C=O) groups is 1. The monoisotopic (exact) mass is 587 g/mol. The summed E-state index contributed by atoms with van der Waals surface area (Å²) < 4.78 is 27.7. The second-order valence-corrected chi connectivity index (χ2v) is 10.3. The summed E-state index contributed by atoms with van der Waals surface area (Å²) in [5.74, 6) is 0.455. The molecule has 184 valence electrons. The van der Waals surface area contributed by atoms with E-state index in [4.69, 9.17) is 9.47 Å². The third kappa shape index (κ3) is 7.77. The largest absolute Gasteiger partial charge is 0.490 e. The topological polar surface area (TPSA) is 47.6 Å². The minimum Gasteiger partial charge on any atom is -0.490 e. The molecule has 3 aromatic carbocycles.